The van der Waals surface area contributed by atoms with E-state index in [1.165, 1.54) is 25.3 Å². The maximum atomic E-state index is 13.0. The molecule has 4 heteroatoms. The average molecular weight is 187 g/mol. The summed E-state index contributed by atoms with van der Waals surface area (Å²) in [5.74, 6) is -0.0359. The minimum Gasteiger partial charge on any atom is -0.497 e. The van der Waals surface area contributed by atoms with Crippen LogP contribution in [0.1, 0.15) is 11.6 Å². The van der Waals surface area contributed by atoms with Crippen molar-refractivity contribution in [3.05, 3.63) is 29.6 Å². The summed E-state index contributed by atoms with van der Waals surface area (Å²) in [6, 6.07) is 3.16. The second-order valence-corrected chi connectivity index (χ2v) is 2.65. The van der Waals surface area contributed by atoms with E-state index < -0.39 is 18.5 Å². The predicted molar refractivity (Wildman–Crippen MR) is 45.9 cm³/mol. The third-order valence-electron chi connectivity index (χ3n) is 1.77. The maximum Gasteiger partial charge on any atom is 0.128 e. The van der Waals surface area contributed by atoms with Gasteiger partial charge in [0, 0.05) is 5.56 Å². The van der Waals surface area contributed by atoms with Crippen LogP contribution in [-0.2, 0) is 0 Å². The number of hydrogen-bond donors (Lipinski definition) is 1. The molecule has 13 heavy (non-hydrogen) atoms. The third-order valence-corrected chi connectivity index (χ3v) is 1.77. The van der Waals surface area contributed by atoms with Crippen LogP contribution in [0, 0.1) is 5.82 Å². The summed E-state index contributed by atoms with van der Waals surface area (Å²) in [5, 5.41) is 0. The van der Waals surface area contributed by atoms with Crippen LogP contribution in [0.4, 0.5) is 8.78 Å². The molecule has 2 N–H and O–H groups in total. The van der Waals surface area contributed by atoms with Gasteiger partial charge in [-0.3, -0.25) is 0 Å². The van der Waals surface area contributed by atoms with Gasteiger partial charge in [-0.25, -0.2) is 8.78 Å². The number of methoxy groups -OCH3 is 1. The average Bonchev–Trinajstić information content (AvgIpc) is 2.17. The highest BCUT2D eigenvalue weighted by molar-refractivity contribution is 5.31. The van der Waals surface area contributed by atoms with Crippen molar-refractivity contribution in [2.45, 2.75) is 6.04 Å². The molecule has 0 bridgehead atoms. The standard InChI is InChI=1S/C9H11F2NO/c1-13-6-2-3-8(11)7(4-6)9(12)5-10/h2-4,9H,5,12H2,1H3/t9-/m0/s1. The first-order valence-corrected chi connectivity index (χ1v) is 3.84. The van der Waals surface area contributed by atoms with Crippen molar-refractivity contribution in [3.8, 4) is 5.75 Å². The topological polar surface area (TPSA) is 35.2 Å². The number of benzene rings is 1. The highest BCUT2D eigenvalue weighted by Gasteiger charge is 2.11. The van der Waals surface area contributed by atoms with Crippen molar-refractivity contribution < 1.29 is 13.5 Å². The molecule has 0 aromatic heterocycles. The monoisotopic (exact) mass is 187 g/mol. The molecule has 1 rings (SSSR count). The van der Waals surface area contributed by atoms with Gasteiger partial charge in [-0.2, -0.15) is 0 Å². The summed E-state index contributed by atoms with van der Waals surface area (Å²) in [6.07, 6.45) is 0. The van der Waals surface area contributed by atoms with E-state index in [0.29, 0.717) is 5.75 Å². The van der Waals surface area contributed by atoms with E-state index in [4.69, 9.17) is 10.5 Å². The van der Waals surface area contributed by atoms with Crippen LogP contribution < -0.4 is 10.5 Å². The van der Waals surface area contributed by atoms with Crippen molar-refractivity contribution in [2.75, 3.05) is 13.8 Å². The highest BCUT2D eigenvalue weighted by atomic mass is 19.1. The van der Waals surface area contributed by atoms with Gasteiger partial charge in [-0.1, -0.05) is 0 Å². The zero-order valence-electron chi connectivity index (χ0n) is 7.26. The number of hydrogen-bond acceptors (Lipinski definition) is 2. The van der Waals surface area contributed by atoms with Crippen molar-refractivity contribution in [1.82, 2.24) is 0 Å². The van der Waals surface area contributed by atoms with Gasteiger partial charge < -0.3 is 10.5 Å². The minimum absolute atomic E-state index is 0.141. The van der Waals surface area contributed by atoms with Crippen LogP contribution in [0.15, 0.2) is 18.2 Å². The Balaban J connectivity index is 3.03. The molecule has 0 saturated heterocycles. The molecule has 0 aliphatic heterocycles. The van der Waals surface area contributed by atoms with Gasteiger partial charge in [0.15, 0.2) is 0 Å². The van der Waals surface area contributed by atoms with Crippen LogP contribution in [0.5, 0.6) is 5.75 Å². The molecule has 1 aromatic rings. The molecule has 72 valence electrons. The van der Waals surface area contributed by atoms with Crippen LogP contribution in [-0.4, -0.2) is 13.8 Å². The lowest BCUT2D eigenvalue weighted by molar-refractivity contribution is 0.404. The Bertz CT molecular complexity index is 291. The smallest absolute Gasteiger partial charge is 0.128 e. The van der Waals surface area contributed by atoms with Gasteiger partial charge in [0.25, 0.3) is 0 Å². The Morgan fingerprint density at radius 1 is 1.54 bits per heavy atom. The number of ether oxygens (including phenoxy) is 1. The number of alkyl halides is 1. The lowest BCUT2D eigenvalue weighted by Crippen LogP contribution is -2.14. The van der Waals surface area contributed by atoms with Crippen molar-refractivity contribution in [1.29, 1.82) is 0 Å². The third kappa shape index (κ3) is 2.15. The minimum atomic E-state index is -0.921. The molecule has 0 fully saturated rings. The van der Waals surface area contributed by atoms with E-state index in [1.807, 2.05) is 0 Å². The molecule has 1 aromatic carbocycles. The molecule has 0 aliphatic rings. The molecule has 0 spiro atoms. The van der Waals surface area contributed by atoms with Gasteiger partial charge in [0.2, 0.25) is 0 Å². The second kappa shape index (κ2) is 4.18. The van der Waals surface area contributed by atoms with E-state index in [1.54, 1.807) is 0 Å². The van der Waals surface area contributed by atoms with Crippen molar-refractivity contribution in [2.24, 2.45) is 5.73 Å². The Morgan fingerprint density at radius 3 is 2.77 bits per heavy atom. The van der Waals surface area contributed by atoms with E-state index >= 15 is 0 Å². The van der Waals surface area contributed by atoms with E-state index in [9.17, 15) is 8.78 Å². The molecular weight excluding hydrogens is 176 g/mol. The van der Waals surface area contributed by atoms with Gasteiger partial charge in [-0.05, 0) is 18.2 Å². The number of rotatable bonds is 3. The summed E-state index contributed by atoms with van der Waals surface area (Å²) in [7, 11) is 1.46. The lowest BCUT2D eigenvalue weighted by atomic mass is 10.1. The highest BCUT2D eigenvalue weighted by Crippen LogP contribution is 2.21. The Hall–Kier alpha value is -1.16. The fourth-order valence-electron chi connectivity index (χ4n) is 1.02. The van der Waals surface area contributed by atoms with Crippen molar-refractivity contribution >= 4 is 0 Å². The largest absolute Gasteiger partial charge is 0.497 e. The molecule has 0 radical (unpaired) electrons. The van der Waals surface area contributed by atoms with E-state index in [0.717, 1.165) is 0 Å². The zero-order valence-corrected chi connectivity index (χ0v) is 7.26. The summed E-state index contributed by atoms with van der Waals surface area (Å²) in [6.45, 7) is -0.788. The fourth-order valence-corrected chi connectivity index (χ4v) is 1.02. The van der Waals surface area contributed by atoms with Crippen LogP contribution in [0.3, 0.4) is 0 Å². The van der Waals surface area contributed by atoms with Crippen LogP contribution in [0.2, 0.25) is 0 Å². The molecule has 0 amide bonds. The zero-order chi connectivity index (χ0) is 9.84. The van der Waals surface area contributed by atoms with Gasteiger partial charge in [0.05, 0.1) is 13.2 Å². The predicted octanol–water partition coefficient (Wildman–Crippen LogP) is 1.80. The molecule has 0 heterocycles. The number of nitrogens with two attached hydrogens (primary N) is 1. The Morgan fingerprint density at radius 2 is 2.23 bits per heavy atom. The Kier molecular flexibility index (Phi) is 3.19. The SMILES string of the molecule is COc1ccc(F)c([C@@H](N)CF)c1. The molecule has 2 nitrogen and oxygen atoms in total. The molecule has 0 saturated carbocycles. The molecule has 1 atom stereocenters. The second-order valence-electron chi connectivity index (χ2n) is 2.65. The molecule has 0 aliphatic carbocycles. The first-order valence-electron chi connectivity index (χ1n) is 3.84. The lowest BCUT2D eigenvalue weighted by Gasteiger charge is -2.10. The van der Waals surface area contributed by atoms with Crippen LogP contribution in [0.25, 0.3) is 0 Å². The Labute approximate surface area is 75.3 Å². The summed E-state index contributed by atoms with van der Waals surface area (Å²) in [4.78, 5) is 0. The van der Waals surface area contributed by atoms with E-state index in [2.05, 4.69) is 0 Å². The quantitative estimate of drug-likeness (QED) is 0.783. The fraction of sp³-hybridized carbons (Fsp3) is 0.333. The maximum absolute atomic E-state index is 13.0. The molecular formula is C9H11F2NO. The number of halogens is 2. The molecule has 0 unspecified atom stereocenters. The van der Waals surface area contributed by atoms with Crippen molar-refractivity contribution in [3.63, 3.8) is 0 Å². The normalized spacial score (nSPS) is 12.6. The first-order chi connectivity index (χ1) is 6.19. The first kappa shape index (κ1) is 9.92. The van der Waals surface area contributed by atoms with Gasteiger partial charge >= 0.3 is 0 Å². The van der Waals surface area contributed by atoms with E-state index in [-0.39, 0.29) is 5.56 Å². The van der Waals surface area contributed by atoms with Gasteiger partial charge in [-0.15, -0.1) is 0 Å². The summed E-state index contributed by atoms with van der Waals surface area (Å²) >= 11 is 0. The van der Waals surface area contributed by atoms with Gasteiger partial charge in [0.1, 0.15) is 18.2 Å². The summed E-state index contributed by atoms with van der Waals surface area (Å²) in [5.41, 5.74) is 5.49. The summed E-state index contributed by atoms with van der Waals surface area (Å²) < 4.78 is 30.1. The van der Waals surface area contributed by atoms with Crippen LogP contribution >= 0.6 is 0 Å².